The number of thiol groups is 2. The van der Waals surface area contributed by atoms with Crippen LogP contribution in [0.4, 0.5) is 4.79 Å². The number of halogens is 1. The molecule has 0 aromatic carbocycles. The van der Waals surface area contributed by atoms with Crippen molar-refractivity contribution >= 4 is 151 Å². The molecule has 0 aliphatic heterocycles. The Morgan fingerprint density at radius 3 is 1.10 bits per heavy atom. The van der Waals surface area contributed by atoms with Gasteiger partial charge in [0.1, 0.15) is 48.2 Å². The van der Waals surface area contributed by atoms with E-state index in [9.17, 15) is 28.8 Å². The van der Waals surface area contributed by atoms with Crippen LogP contribution in [-0.4, -0.2) is 173 Å². The fourth-order valence-electron chi connectivity index (χ4n) is 7.40. The summed E-state index contributed by atoms with van der Waals surface area (Å²) in [6, 6.07) is 4.06. The predicted molar refractivity (Wildman–Crippen MR) is 401 cm³/mol. The Balaban J connectivity index is -0.000000232. The summed E-state index contributed by atoms with van der Waals surface area (Å²) >= 11 is 4.49. The van der Waals surface area contributed by atoms with Gasteiger partial charge >= 0.3 is 53.1 Å². The van der Waals surface area contributed by atoms with Crippen molar-refractivity contribution in [3.8, 4) is 0 Å². The molecule has 23 nitrogen and oxygen atoms in total. The lowest BCUT2D eigenvalue weighted by Gasteiger charge is -2.39. The number of ether oxygens (including phenoxy) is 6. The molecular formula is C56H120IN7O16P2S2Si6. The fraction of sp³-hybridized carbons (Fsp3) is 0.732. The molecule has 0 saturated heterocycles. The molecule has 0 spiro atoms. The molecule has 90 heavy (non-hydrogen) atoms. The van der Waals surface area contributed by atoms with Crippen molar-refractivity contribution in [2.75, 3.05) is 74.8 Å². The first-order valence-electron chi connectivity index (χ1n) is 30.2. The first kappa shape index (κ1) is 96.7. The third-order valence-electron chi connectivity index (χ3n) is 10.6. The molecule has 528 valence electrons. The summed E-state index contributed by atoms with van der Waals surface area (Å²) in [5.74, 6) is -2.10. The number of carbonyl (C=O) groups is 6. The number of rotatable bonds is 40. The predicted octanol–water partition coefficient (Wildman–Crippen LogP) is 13.3. The average Bonchev–Trinajstić information content (AvgIpc) is 1.04. The summed E-state index contributed by atoms with van der Waals surface area (Å²) in [6.07, 6.45) is 9.53. The van der Waals surface area contributed by atoms with Gasteiger partial charge in [-0.2, -0.15) is 25.1 Å². The van der Waals surface area contributed by atoms with Gasteiger partial charge in [-0.3, -0.25) is 9.59 Å². The van der Waals surface area contributed by atoms with Crippen LogP contribution in [0, 0.1) is 10.8 Å². The maximum Gasteiger partial charge on any atom is 0.419 e. The number of carbonyl (C=O) groups excluding carboxylic acids is 6. The molecule has 0 aliphatic rings. The van der Waals surface area contributed by atoms with E-state index in [0.29, 0.717) is 51.1 Å². The highest BCUT2D eigenvalue weighted by atomic mass is 127. The molecule has 1 rings (SSSR count). The van der Waals surface area contributed by atoms with Gasteiger partial charge in [0.05, 0.1) is 0 Å². The normalized spacial score (nSPS) is 11.5. The van der Waals surface area contributed by atoms with Crippen molar-refractivity contribution in [1.82, 2.24) is 9.55 Å². The molecule has 6 N–H and O–H groups in total. The molecular weight excluding hydrogens is 1450 g/mol. The van der Waals surface area contributed by atoms with Crippen LogP contribution in [0.5, 0.6) is 0 Å². The molecule has 0 bridgehead atoms. The summed E-state index contributed by atoms with van der Waals surface area (Å²) in [5.41, 5.74) is 18.9. The monoisotopic (exact) mass is 1570 g/mol. The molecule has 0 fully saturated rings. The van der Waals surface area contributed by atoms with Crippen LogP contribution < -0.4 is 17.0 Å². The Bertz CT molecular complexity index is 2080. The van der Waals surface area contributed by atoms with E-state index in [1.807, 2.05) is 0 Å². The SMILES string of the molecule is C.C=C(C)C(=O)OCCOC(=O)CCCC[Si](C)(C)O[Si](C)(C)O[Si](C)(C)CCCCC(=O)OCCOC(=O)C(=C)C.C=C(C)C(=O)OCCOC(=O)n1ccnc1.CCI.C[Si](C)(CCCN)O[Si](C)(C)O[Si](C)(C)CCCN.N#N.[2H]SCPC.[2H]SCPN. The minimum Gasteiger partial charge on any atom is -0.462 e. The smallest absolute Gasteiger partial charge is 0.419 e. The topological polar surface area (TPSA) is 338 Å². The molecule has 0 radical (unpaired) electrons. The zero-order valence-corrected chi connectivity index (χ0v) is 68.7. The van der Waals surface area contributed by atoms with Crippen molar-refractivity contribution in [1.29, 1.82) is 13.0 Å². The second kappa shape index (κ2) is 60.6. The zero-order chi connectivity index (χ0) is 71.8. The second-order valence-corrected chi connectivity index (χ2v) is 52.7. The lowest BCUT2D eigenvalue weighted by molar-refractivity contribution is -0.150. The van der Waals surface area contributed by atoms with Crippen molar-refractivity contribution in [2.24, 2.45) is 17.0 Å². The Labute approximate surface area is 579 Å². The molecule has 0 amide bonds. The van der Waals surface area contributed by atoms with E-state index in [0.717, 1.165) is 108 Å². The maximum atomic E-state index is 11.9. The Hall–Kier alpha value is -2.02. The number of unbranched alkanes of at least 4 members (excludes halogenated alkanes) is 2. The van der Waals surface area contributed by atoms with Crippen LogP contribution in [0.15, 0.2) is 55.2 Å². The Kier molecular flexibility index (Phi) is 65.1. The summed E-state index contributed by atoms with van der Waals surface area (Å²) in [4.78, 5) is 72.3. The van der Waals surface area contributed by atoms with Gasteiger partial charge in [-0.15, -0.1) is 8.58 Å². The highest BCUT2D eigenvalue weighted by Crippen LogP contribution is 2.28. The van der Waals surface area contributed by atoms with Gasteiger partial charge < -0.3 is 61.9 Å². The number of imidazole rings is 1. The van der Waals surface area contributed by atoms with Gasteiger partial charge in [0.2, 0.25) is 0 Å². The first-order chi connectivity index (χ1) is 42.2. The number of esters is 5. The largest absolute Gasteiger partial charge is 0.462 e. The minimum absolute atomic E-state index is 0. The first-order valence-corrected chi connectivity index (χ1v) is 53.2. The summed E-state index contributed by atoms with van der Waals surface area (Å²) in [5, 5.41) is 12.0. The van der Waals surface area contributed by atoms with E-state index in [-0.39, 0.29) is 59.0 Å². The number of hydrogen-bond donors (Lipinski definition) is 5. The highest BCUT2D eigenvalue weighted by Gasteiger charge is 2.40. The van der Waals surface area contributed by atoms with Crippen molar-refractivity contribution in [2.45, 2.75) is 189 Å². The second-order valence-electron chi connectivity index (χ2n) is 22.8. The number of nitrogens with two attached hydrogens (primary N) is 3. The van der Waals surface area contributed by atoms with E-state index >= 15 is 0 Å². The van der Waals surface area contributed by atoms with Crippen LogP contribution in [-0.2, 0) is 68.9 Å². The van der Waals surface area contributed by atoms with Crippen molar-refractivity contribution < 1.29 is 73.6 Å². The van der Waals surface area contributed by atoms with Crippen molar-refractivity contribution in [3.63, 3.8) is 0 Å². The van der Waals surface area contributed by atoms with E-state index in [2.05, 4.69) is 139 Å². The number of nitrogens with zero attached hydrogens (tertiary/aromatic N) is 4. The van der Waals surface area contributed by atoms with Crippen LogP contribution >= 0.6 is 65.0 Å². The molecule has 1 aromatic heterocycles. The zero-order valence-electron chi connectivity index (χ0n) is 58.9. The Morgan fingerprint density at radius 1 is 0.567 bits per heavy atom. The summed E-state index contributed by atoms with van der Waals surface area (Å²) in [6.45, 7) is 47.3. The maximum absolute atomic E-state index is 11.9. The van der Waals surface area contributed by atoms with Crippen LogP contribution in [0.25, 0.3) is 0 Å². The van der Waals surface area contributed by atoms with Gasteiger partial charge in [0.15, 0.2) is 33.3 Å². The molecule has 1 aromatic rings. The van der Waals surface area contributed by atoms with Crippen LogP contribution in [0.3, 0.4) is 0 Å². The van der Waals surface area contributed by atoms with Gasteiger partial charge in [-0.25, -0.2) is 28.7 Å². The molecule has 2 atom stereocenters. The average molecular weight is 1570 g/mol. The van der Waals surface area contributed by atoms with Gasteiger partial charge in [-0.05, 0) is 182 Å². The molecule has 2 unspecified atom stereocenters. The van der Waals surface area contributed by atoms with E-state index in [4.69, 9.17) is 74.9 Å². The quantitative estimate of drug-likeness (QED) is 0.00389. The lowest BCUT2D eigenvalue weighted by atomic mass is 10.2. The third-order valence-corrected chi connectivity index (χ3v) is 35.3. The standard InChI is InChI=1S/C28H52O10Si3.C12H34N2O2Si3.C10H12N2O4.C2H5I.C2H7PS.CH6NPS.CH4.N2/c1-23(2)27(31)35-19-17-33-25(29)15-11-13-21-39(5,6)37-41(9,10)38-40(7,8)22-14-12-16-26(30)34-18-20-36-28(32)24(3)4;1-17(2,11-7-9-13)15-19(5,6)16-18(3,4)12-8-10-14;1-8(2)9(13)15-5-6-16-10(14)12-4-3-11-7-12;1-2-3;1-3-2-4;2-3-1-4;;1-2/h1,3,11-22H2,2,4-10H3;7-14H2,1-6H3;3-4,7H,1,5-6H2,2H3;2H2,1H3;3-4H,2H2,1H3;3-4H,1-2H2;1H4;/i/hD2. The Morgan fingerprint density at radius 2 is 0.867 bits per heavy atom. The molecule has 34 heteroatoms. The number of hydrogen-bond acceptors (Lipinski definition) is 24. The van der Waals surface area contributed by atoms with Gasteiger partial charge in [-0.1, -0.05) is 69.5 Å². The van der Waals surface area contributed by atoms with Crippen LogP contribution in [0.2, 0.25) is 103 Å². The lowest BCUT2D eigenvalue weighted by Crippen LogP contribution is -2.52. The van der Waals surface area contributed by atoms with E-state index in [1.54, 1.807) is 20.8 Å². The molecule has 0 saturated carbocycles. The fourth-order valence-corrected chi connectivity index (χ4v) is 35.7. The van der Waals surface area contributed by atoms with Crippen LogP contribution in [0.1, 0.15) is 86.5 Å². The summed E-state index contributed by atoms with van der Waals surface area (Å²) in [7, 11) is -10.3. The molecule has 1 heterocycles. The van der Waals surface area contributed by atoms with Gasteiger partial charge in [0.25, 0.3) is 0 Å². The number of alkyl halides is 1. The number of aromatic nitrogens is 2. The van der Waals surface area contributed by atoms with E-state index < -0.39 is 74.4 Å². The van der Waals surface area contributed by atoms with Crippen molar-refractivity contribution in [3.05, 3.63) is 55.2 Å². The third kappa shape index (κ3) is 70.3. The minimum atomic E-state index is -2.37. The van der Waals surface area contributed by atoms with E-state index in [1.165, 1.54) is 27.7 Å². The van der Waals surface area contributed by atoms with Gasteiger partial charge in [0, 0.05) is 63.7 Å². The molecule has 0 aliphatic carbocycles. The highest BCUT2D eigenvalue weighted by molar-refractivity contribution is 14.1. The summed E-state index contributed by atoms with van der Waals surface area (Å²) < 4.78 is 71.1.